The Hall–Kier alpha value is 1.05. The van der Waals surface area contributed by atoms with Gasteiger partial charge in [0.25, 0.3) is 0 Å². The molecule has 2 nitrogen and oxygen atoms in total. The molecule has 0 aliphatic rings. The van der Waals surface area contributed by atoms with E-state index in [1.807, 2.05) is 6.92 Å². The standard InChI is InChI=1S/C4H10O2.Al.Li.4H/c1-4(5-2)6-3;;;;;;/h4H,1-3H3;;;;;;/q;;+1;;;;-1. The minimum absolute atomic E-state index is 0. The molecule has 0 aliphatic heterocycles. The van der Waals surface area contributed by atoms with E-state index in [9.17, 15) is 0 Å². The van der Waals surface area contributed by atoms with Gasteiger partial charge in [0.1, 0.15) is 0 Å². The molecule has 0 heterocycles. The van der Waals surface area contributed by atoms with Crippen molar-refractivity contribution in [2.75, 3.05) is 14.2 Å². The zero-order valence-corrected chi connectivity index (χ0v) is 5.39. The van der Waals surface area contributed by atoms with Crippen LogP contribution in [-0.2, 0) is 9.47 Å². The number of rotatable bonds is 2. The first-order chi connectivity index (χ1) is 2.81. The van der Waals surface area contributed by atoms with Crippen molar-refractivity contribution in [2.24, 2.45) is 0 Å². The van der Waals surface area contributed by atoms with E-state index in [0.717, 1.165) is 0 Å². The van der Waals surface area contributed by atoms with Gasteiger partial charge in [0, 0.05) is 14.2 Å². The maximum absolute atomic E-state index is 4.68. The molecule has 0 aromatic heterocycles. The van der Waals surface area contributed by atoms with E-state index < -0.39 is 0 Å². The van der Waals surface area contributed by atoms with Gasteiger partial charge in [-0.1, -0.05) is 0 Å². The summed E-state index contributed by atoms with van der Waals surface area (Å²) < 4.78 is 9.35. The molecule has 8 heavy (non-hydrogen) atoms. The van der Waals surface area contributed by atoms with Gasteiger partial charge in [-0.3, -0.25) is 0 Å². The predicted molar refractivity (Wildman–Crippen MR) is 34.5 cm³/mol. The molecule has 0 fully saturated rings. The van der Waals surface area contributed by atoms with Crippen LogP contribution < -0.4 is 18.9 Å². The second-order valence-corrected chi connectivity index (χ2v) is 1.04. The van der Waals surface area contributed by atoms with Gasteiger partial charge in [-0.05, 0) is 6.92 Å². The van der Waals surface area contributed by atoms with Crippen molar-refractivity contribution >= 4 is 17.4 Å². The smallest absolute Gasteiger partial charge is 1.00 e. The molecule has 0 saturated carbocycles. The van der Waals surface area contributed by atoms with E-state index in [-0.39, 0.29) is 43.9 Å². The molecule has 0 amide bonds. The first-order valence-corrected chi connectivity index (χ1v) is 1.87. The van der Waals surface area contributed by atoms with Crippen molar-refractivity contribution in [1.29, 1.82) is 0 Å². The van der Waals surface area contributed by atoms with Gasteiger partial charge < -0.3 is 10.9 Å². The third kappa shape index (κ3) is 10.1. The van der Waals surface area contributed by atoms with Gasteiger partial charge in [0.05, 0.1) is 0 Å². The fourth-order valence-electron chi connectivity index (χ4n) is 0.0962. The molecular formula is C4H14AlLiO2. The molecule has 0 aliphatic carbocycles. The van der Waals surface area contributed by atoms with Crippen LogP contribution in [0.1, 0.15) is 8.35 Å². The third-order valence-corrected chi connectivity index (χ3v) is 0.664. The molecule has 4 heteroatoms. The van der Waals surface area contributed by atoms with Gasteiger partial charge in [-0.15, -0.1) is 0 Å². The summed E-state index contributed by atoms with van der Waals surface area (Å²) >= 11 is 0. The number of methoxy groups -OCH3 is 2. The molecule has 0 atom stereocenters. The van der Waals surface area contributed by atoms with Crippen LogP contribution in [0.5, 0.6) is 0 Å². The van der Waals surface area contributed by atoms with Crippen molar-refractivity contribution in [3.8, 4) is 0 Å². The Kier molecular flexibility index (Phi) is 21.9. The van der Waals surface area contributed by atoms with Crippen LogP contribution in [0.2, 0.25) is 0 Å². The molecule has 0 aromatic carbocycles. The summed E-state index contributed by atoms with van der Waals surface area (Å²) in [4.78, 5) is 0. The Morgan fingerprint density at radius 2 is 1.50 bits per heavy atom. The molecule has 0 N–H and O–H groups in total. The molecule has 0 spiro atoms. The second-order valence-electron chi connectivity index (χ2n) is 1.04. The molecule has 46 valence electrons. The van der Waals surface area contributed by atoms with E-state index in [2.05, 4.69) is 9.47 Å². The molecular weight excluding hydrogens is 114 g/mol. The summed E-state index contributed by atoms with van der Waals surface area (Å²) in [5.41, 5.74) is 0. The Balaban J connectivity index is -0.0000000417. The van der Waals surface area contributed by atoms with Crippen LogP contribution >= 0.6 is 0 Å². The Morgan fingerprint density at radius 1 is 1.25 bits per heavy atom. The fourth-order valence-corrected chi connectivity index (χ4v) is 0.0962. The first kappa shape index (κ1) is 16.0. The summed E-state index contributed by atoms with van der Waals surface area (Å²) in [5.74, 6) is 0. The maximum atomic E-state index is 4.68. The van der Waals surface area contributed by atoms with E-state index in [1.54, 1.807) is 14.2 Å². The van der Waals surface area contributed by atoms with Crippen LogP contribution in [0.25, 0.3) is 0 Å². The minimum atomic E-state index is -0.0648. The summed E-state index contributed by atoms with van der Waals surface area (Å²) in [6, 6.07) is 0. The summed E-state index contributed by atoms with van der Waals surface area (Å²) in [6.45, 7) is 1.83. The summed E-state index contributed by atoms with van der Waals surface area (Å²) in [7, 11) is 3.21. The van der Waals surface area contributed by atoms with Gasteiger partial charge in [0.15, 0.2) is 23.7 Å². The van der Waals surface area contributed by atoms with E-state index >= 15 is 0 Å². The molecule has 0 rings (SSSR count). The topological polar surface area (TPSA) is 18.5 Å². The third-order valence-electron chi connectivity index (χ3n) is 0.664. The maximum Gasteiger partial charge on any atom is 1.00 e. The second kappa shape index (κ2) is 10.9. The van der Waals surface area contributed by atoms with Crippen LogP contribution in [0.15, 0.2) is 0 Å². The molecule has 0 unspecified atom stereocenters. The van der Waals surface area contributed by atoms with Crippen LogP contribution in [0, 0.1) is 0 Å². The quantitative estimate of drug-likeness (QED) is 0.284. The average molecular weight is 128 g/mol. The van der Waals surface area contributed by atoms with Gasteiger partial charge in [-0.2, -0.15) is 0 Å². The fraction of sp³-hybridized carbons (Fsp3) is 1.00. The summed E-state index contributed by atoms with van der Waals surface area (Å²) in [5, 5.41) is 0. The average Bonchev–Trinajstić information content (AvgIpc) is 1.65. The Labute approximate surface area is 74.7 Å². The predicted octanol–water partition coefficient (Wildman–Crippen LogP) is -3.44. The SMILES string of the molecule is COC(C)OC.[AlH3].[H-].[Li+]. The van der Waals surface area contributed by atoms with Crippen molar-refractivity contribution < 1.29 is 29.8 Å². The molecule has 0 aromatic rings. The molecule has 0 radical (unpaired) electrons. The van der Waals surface area contributed by atoms with Gasteiger partial charge in [0.2, 0.25) is 0 Å². The van der Waals surface area contributed by atoms with Crippen molar-refractivity contribution in [3.05, 3.63) is 0 Å². The number of ether oxygens (including phenoxy) is 2. The van der Waals surface area contributed by atoms with Crippen molar-refractivity contribution in [2.45, 2.75) is 13.2 Å². The first-order valence-electron chi connectivity index (χ1n) is 1.87. The summed E-state index contributed by atoms with van der Waals surface area (Å²) in [6.07, 6.45) is -0.0648. The number of hydrogen-bond donors (Lipinski definition) is 0. The van der Waals surface area contributed by atoms with Gasteiger partial charge >= 0.3 is 18.9 Å². The van der Waals surface area contributed by atoms with Crippen molar-refractivity contribution in [3.63, 3.8) is 0 Å². The van der Waals surface area contributed by atoms with Crippen LogP contribution in [-0.4, -0.2) is 37.9 Å². The Morgan fingerprint density at radius 3 is 1.50 bits per heavy atom. The minimum Gasteiger partial charge on any atom is -1.00 e. The Bertz CT molecular complexity index is 37.7. The van der Waals surface area contributed by atoms with Gasteiger partial charge in [-0.25, -0.2) is 0 Å². The monoisotopic (exact) mass is 128 g/mol. The molecule has 0 saturated heterocycles. The van der Waals surface area contributed by atoms with Crippen LogP contribution in [0.3, 0.4) is 0 Å². The van der Waals surface area contributed by atoms with Crippen molar-refractivity contribution in [1.82, 2.24) is 0 Å². The van der Waals surface area contributed by atoms with E-state index in [0.29, 0.717) is 0 Å². The largest absolute Gasteiger partial charge is 1.00 e. The number of hydrogen-bond acceptors (Lipinski definition) is 2. The molecule has 0 bridgehead atoms. The van der Waals surface area contributed by atoms with E-state index in [4.69, 9.17) is 0 Å². The van der Waals surface area contributed by atoms with E-state index in [1.165, 1.54) is 0 Å². The zero-order chi connectivity index (χ0) is 4.99. The van der Waals surface area contributed by atoms with Crippen LogP contribution in [0.4, 0.5) is 0 Å². The zero-order valence-electron chi connectivity index (χ0n) is 6.39. The normalized spacial score (nSPS) is 7.50.